The molecule has 1 aromatic heterocycles. The first-order chi connectivity index (χ1) is 7.72. The highest BCUT2D eigenvalue weighted by Crippen LogP contribution is 2.29. The van der Waals surface area contributed by atoms with E-state index in [0.29, 0.717) is 0 Å². The number of nitrogens with zero attached hydrogens (tertiary/aromatic N) is 2. The summed E-state index contributed by atoms with van der Waals surface area (Å²) in [5.41, 5.74) is 5.76. The van der Waals surface area contributed by atoms with Crippen LogP contribution < -0.4 is 11.3 Å². The van der Waals surface area contributed by atoms with Crippen LogP contribution in [-0.4, -0.2) is 10.6 Å². The van der Waals surface area contributed by atoms with Crippen molar-refractivity contribution in [2.24, 2.45) is 0 Å². The Hall–Kier alpha value is -1.76. The van der Waals surface area contributed by atoms with Gasteiger partial charge in [0.2, 0.25) is 6.04 Å². The molecule has 0 amide bonds. The van der Waals surface area contributed by atoms with Crippen molar-refractivity contribution in [3.63, 3.8) is 0 Å². The second-order valence-corrected chi connectivity index (χ2v) is 4.28. The normalized spacial score (nSPS) is 24.9. The van der Waals surface area contributed by atoms with Crippen molar-refractivity contribution >= 4 is 5.69 Å². The largest absolute Gasteiger partial charge is 0.394 e. The molecule has 2 N–H and O–H groups in total. The summed E-state index contributed by atoms with van der Waals surface area (Å²) >= 11 is 0. The molecule has 16 heavy (non-hydrogen) atoms. The maximum atomic E-state index is 11.8. The van der Waals surface area contributed by atoms with Crippen molar-refractivity contribution in [1.82, 2.24) is 4.57 Å². The number of pyridine rings is 1. The molecule has 0 saturated heterocycles. The first kappa shape index (κ1) is 10.7. The summed E-state index contributed by atoms with van der Waals surface area (Å²) in [5.74, 6) is 0. The molecule has 1 fully saturated rings. The second-order valence-electron chi connectivity index (χ2n) is 4.28. The zero-order valence-corrected chi connectivity index (χ0v) is 9.10. The van der Waals surface area contributed by atoms with E-state index < -0.39 is 0 Å². The maximum absolute atomic E-state index is 11.8. The Morgan fingerprint density at radius 1 is 1.50 bits per heavy atom. The van der Waals surface area contributed by atoms with Crippen LogP contribution in [0.25, 0.3) is 4.85 Å². The van der Waals surface area contributed by atoms with Crippen LogP contribution in [0.15, 0.2) is 23.1 Å². The lowest BCUT2D eigenvalue weighted by molar-refractivity contribution is 0.335. The predicted molar refractivity (Wildman–Crippen MR) is 63.0 cm³/mol. The molecule has 84 valence electrons. The van der Waals surface area contributed by atoms with Crippen LogP contribution in [0.5, 0.6) is 0 Å². The molecule has 0 aromatic carbocycles. The Morgan fingerprint density at radius 2 is 2.31 bits per heavy atom. The lowest BCUT2D eigenvalue weighted by Gasteiger charge is -2.24. The zero-order chi connectivity index (χ0) is 11.5. The smallest absolute Gasteiger partial charge is 0.273 e. The van der Waals surface area contributed by atoms with Gasteiger partial charge in [0.25, 0.3) is 5.56 Å². The van der Waals surface area contributed by atoms with Crippen LogP contribution in [0.4, 0.5) is 5.69 Å². The van der Waals surface area contributed by atoms with Gasteiger partial charge in [0, 0.05) is 25.1 Å². The molecule has 0 aliphatic heterocycles. The molecular weight excluding hydrogens is 202 g/mol. The number of hydrogen-bond donors (Lipinski definition) is 1. The van der Waals surface area contributed by atoms with Crippen LogP contribution in [0, 0.1) is 6.57 Å². The van der Waals surface area contributed by atoms with Gasteiger partial charge in [-0.05, 0) is 25.0 Å². The highest BCUT2D eigenvalue weighted by Gasteiger charge is 2.27. The van der Waals surface area contributed by atoms with E-state index in [4.69, 9.17) is 12.3 Å². The summed E-state index contributed by atoms with van der Waals surface area (Å²) < 4.78 is 1.69. The Labute approximate surface area is 94.5 Å². The summed E-state index contributed by atoms with van der Waals surface area (Å²) in [4.78, 5) is 15.4. The maximum Gasteiger partial charge on any atom is 0.273 e. The minimum absolute atomic E-state index is 0.0621. The fraction of sp³-hybridized carbons (Fsp3) is 0.500. The van der Waals surface area contributed by atoms with Gasteiger partial charge in [-0.2, -0.15) is 0 Å². The summed E-state index contributed by atoms with van der Waals surface area (Å²) in [6.45, 7) is 7.06. The molecule has 1 aliphatic carbocycles. The van der Waals surface area contributed by atoms with E-state index >= 15 is 0 Å². The van der Waals surface area contributed by atoms with Crippen LogP contribution >= 0.6 is 0 Å². The molecule has 0 unspecified atom stereocenters. The molecule has 0 spiro atoms. The number of nitrogen functional groups attached to an aromatic ring is 1. The molecule has 0 bridgehead atoms. The highest BCUT2D eigenvalue weighted by atomic mass is 16.1. The molecule has 1 aliphatic rings. The van der Waals surface area contributed by atoms with E-state index in [2.05, 4.69) is 4.85 Å². The third kappa shape index (κ3) is 1.94. The van der Waals surface area contributed by atoms with Crippen molar-refractivity contribution in [1.29, 1.82) is 0 Å². The van der Waals surface area contributed by atoms with E-state index in [1.807, 2.05) is 0 Å². The van der Waals surface area contributed by atoms with Crippen molar-refractivity contribution < 1.29 is 0 Å². The summed E-state index contributed by atoms with van der Waals surface area (Å²) in [5, 5.41) is 0. The van der Waals surface area contributed by atoms with Crippen LogP contribution in [0.3, 0.4) is 0 Å². The standard InChI is InChI=1S/C12H15N3O/c1-14-9-4-2-5-10(8-9)15-7-3-6-11(13)12(15)16/h3,6-7,9-10H,2,4-5,8,13H2/t9-,10+/m0/s1. The quantitative estimate of drug-likeness (QED) is 0.730. The minimum Gasteiger partial charge on any atom is -0.394 e. The number of hydrogen-bond acceptors (Lipinski definition) is 2. The average molecular weight is 217 g/mol. The molecule has 4 nitrogen and oxygen atoms in total. The predicted octanol–water partition coefficient (Wildman–Crippen LogP) is 1.83. The van der Waals surface area contributed by atoms with Gasteiger partial charge in [-0.25, -0.2) is 6.57 Å². The van der Waals surface area contributed by atoms with Crippen molar-refractivity contribution in [2.45, 2.75) is 37.8 Å². The fourth-order valence-corrected chi connectivity index (χ4v) is 2.32. The van der Waals surface area contributed by atoms with E-state index in [-0.39, 0.29) is 23.3 Å². The van der Waals surface area contributed by atoms with E-state index in [9.17, 15) is 4.79 Å². The highest BCUT2D eigenvalue weighted by molar-refractivity contribution is 5.33. The van der Waals surface area contributed by atoms with Gasteiger partial charge < -0.3 is 15.1 Å². The van der Waals surface area contributed by atoms with E-state index in [0.717, 1.165) is 25.7 Å². The first-order valence-electron chi connectivity index (χ1n) is 5.55. The van der Waals surface area contributed by atoms with Gasteiger partial charge in [0.15, 0.2) is 0 Å². The molecule has 1 aromatic rings. The Kier molecular flexibility index (Phi) is 2.95. The Bertz CT molecular complexity index is 472. The topological polar surface area (TPSA) is 52.4 Å². The average Bonchev–Trinajstić information content (AvgIpc) is 2.33. The third-order valence-electron chi connectivity index (χ3n) is 3.20. The lowest BCUT2D eigenvalue weighted by atomic mass is 9.91. The SMILES string of the molecule is [C-]#[N+][C@H]1CCC[C@@H](n2cccc(N)c2=O)C1. The number of aromatic nitrogens is 1. The van der Waals surface area contributed by atoms with Gasteiger partial charge in [0.1, 0.15) is 0 Å². The molecule has 1 saturated carbocycles. The summed E-state index contributed by atoms with van der Waals surface area (Å²) in [6, 6.07) is 3.61. The number of rotatable bonds is 1. The number of anilines is 1. The first-order valence-corrected chi connectivity index (χ1v) is 5.55. The molecule has 1 heterocycles. The molecule has 0 radical (unpaired) electrons. The minimum atomic E-state index is -0.127. The van der Waals surface area contributed by atoms with Gasteiger partial charge in [-0.3, -0.25) is 4.79 Å². The monoisotopic (exact) mass is 217 g/mol. The van der Waals surface area contributed by atoms with E-state index in [1.165, 1.54) is 0 Å². The molecule has 2 rings (SSSR count). The van der Waals surface area contributed by atoms with Crippen molar-refractivity contribution in [3.05, 3.63) is 40.1 Å². The zero-order valence-electron chi connectivity index (χ0n) is 9.10. The van der Waals surface area contributed by atoms with Crippen molar-refractivity contribution in [2.75, 3.05) is 5.73 Å². The molecule has 2 atom stereocenters. The molecule has 4 heteroatoms. The van der Waals surface area contributed by atoms with Crippen molar-refractivity contribution in [3.8, 4) is 0 Å². The van der Waals surface area contributed by atoms with Crippen LogP contribution in [0.2, 0.25) is 0 Å². The van der Waals surface area contributed by atoms with Gasteiger partial charge >= 0.3 is 0 Å². The van der Waals surface area contributed by atoms with Gasteiger partial charge in [-0.15, -0.1) is 0 Å². The Balaban J connectivity index is 2.28. The Morgan fingerprint density at radius 3 is 3.06 bits per heavy atom. The third-order valence-corrected chi connectivity index (χ3v) is 3.20. The van der Waals surface area contributed by atoms with E-state index in [1.54, 1.807) is 22.9 Å². The summed E-state index contributed by atoms with van der Waals surface area (Å²) in [7, 11) is 0. The van der Waals surface area contributed by atoms with Gasteiger partial charge in [-0.1, -0.05) is 0 Å². The number of nitrogens with two attached hydrogens (primary N) is 1. The van der Waals surface area contributed by atoms with Crippen LogP contribution in [0.1, 0.15) is 31.7 Å². The summed E-state index contributed by atoms with van der Waals surface area (Å²) in [6.07, 6.45) is 5.48. The molecular formula is C12H15N3O. The lowest BCUT2D eigenvalue weighted by Crippen LogP contribution is -2.30. The van der Waals surface area contributed by atoms with Gasteiger partial charge in [0.05, 0.1) is 5.69 Å². The fourth-order valence-electron chi connectivity index (χ4n) is 2.32. The van der Waals surface area contributed by atoms with Crippen LogP contribution in [-0.2, 0) is 0 Å². The second kappa shape index (κ2) is 4.40.